The Balaban J connectivity index is 3.16. The molecular formula is C9H7F3O3. The number of rotatable bonds is 3. The molecule has 0 amide bonds. The molecule has 0 aliphatic rings. The van der Waals surface area contributed by atoms with Crippen molar-refractivity contribution in [3.05, 3.63) is 23.8 Å². The second kappa shape index (κ2) is 4.20. The van der Waals surface area contributed by atoms with Crippen LogP contribution in [0.1, 0.15) is 10.4 Å². The maximum atomic E-state index is 12.0. The van der Waals surface area contributed by atoms with E-state index in [9.17, 15) is 18.0 Å². The average molecular weight is 220 g/mol. The molecule has 0 bridgehead atoms. The summed E-state index contributed by atoms with van der Waals surface area (Å²) < 4.78 is 44.3. The van der Waals surface area contributed by atoms with Crippen LogP contribution in [-0.4, -0.2) is 19.8 Å². The van der Waals surface area contributed by atoms with Crippen LogP contribution in [0.25, 0.3) is 0 Å². The van der Waals surface area contributed by atoms with Crippen LogP contribution in [-0.2, 0) is 0 Å². The van der Waals surface area contributed by atoms with Gasteiger partial charge in [0.15, 0.2) is 17.8 Å². The summed E-state index contributed by atoms with van der Waals surface area (Å²) in [4.78, 5) is 10.5. The molecule has 0 N–H and O–H groups in total. The molecule has 0 atom stereocenters. The van der Waals surface area contributed by atoms with Gasteiger partial charge in [0.05, 0.1) is 12.7 Å². The summed E-state index contributed by atoms with van der Waals surface area (Å²) in [7, 11) is 1.19. The third-order valence-corrected chi connectivity index (χ3v) is 1.57. The Morgan fingerprint density at radius 1 is 1.33 bits per heavy atom. The van der Waals surface area contributed by atoms with Crippen LogP contribution in [0, 0.1) is 0 Å². The summed E-state index contributed by atoms with van der Waals surface area (Å²) in [5, 5.41) is 0. The summed E-state index contributed by atoms with van der Waals surface area (Å²) in [6.45, 7) is 0. The van der Waals surface area contributed by atoms with E-state index in [1.54, 1.807) is 0 Å². The van der Waals surface area contributed by atoms with Gasteiger partial charge in [0.2, 0.25) is 0 Å². The van der Waals surface area contributed by atoms with E-state index in [1.165, 1.54) is 25.3 Å². The molecule has 0 fully saturated rings. The second-order valence-corrected chi connectivity index (χ2v) is 2.54. The van der Waals surface area contributed by atoms with Crippen LogP contribution in [0.5, 0.6) is 11.5 Å². The maximum absolute atomic E-state index is 12.0. The molecule has 6 heteroatoms. The maximum Gasteiger partial charge on any atom is 0.573 e. The Labute approximate surface area is 83.4 Å². The van der Waals surface area contributed by atoms with Crippen molar-refractivity contribution in [1.82, 2.24) is 0 Å². The Morgan fingerprint density at radius 2 is 2.00 bits per heavy atom. The lowest BCUT2D eigenvalue weighted by atomic mass is 10.2. The van der Waals surface area contributed by atoms with E-state index in [-0.39, 0.29) is 17.6 Å². The number of alkyl halides is 3. The summed E-state index contributed by atoms with van der Waals surface area (Å²) in [5.41, 5.74) is -0.216. The molecule has 0 aromatic heterocycles. The Morgan fingerprint density at radius 3 is 2.47 bits per heavy atom. The standard InChI is InChI=1S/C9H7F3O3/c1-14-7-4-2-3-6(5-13)8(7)15-9(10,11)12/h2-5H,1H3. The zero-order chi connectivity index (χ0) is 11.5. The van der Waals surface area contributed by atoms with Crippen molar-refractivity contribution >= 4 is 6.29 Å². The van der Waals surface area contributed by atoms with Gasteiger partial charge in [0.25, 0.3) is 0 Å². The molecule has 0 radical (unpaired) electrons. The highest BCUT2D eigenvalue weighted by Gasteiger charge is 2.33. The fourth-order valence-corrected chi connectivity index (χ4v) is 1.01. The lowest BCUT2D eigenvalue weighted by Crippen LogP contribution is -2.18. The fourth-order valence-electron chi connectivity index (χ4n) is 1.01. The molecule has 0 saturated carbocycles. The van der Waals surface area contributed by atoms with Crippen LogP contribution in [0.2, 0.25) is 0 Å². The van der Waals surface area contributed by atoms with Crippen LogP contribution >= 0.6 is 0 Å². The van der Waals surface area contributed by atoms with E-state index in [2.05, 4.69) is 9.47 Å². The average Bonchev–Trinajstić information content (AvgIpc) is 2.16. The van der Waals surface area contributed by atoms with E-state index in [1.807, 2.05) is 0 Å². The van der Waals surface area contributed by atoms with Crippen molar-refractivity contribution in [2.24, 2.45) is 0 Å². The Kier molecular flexibility index (Phi) is 3.18. The Hall–Kier alpha value is -1.72. The number of aldehydes is 1. The molecule has 0 heterocycles. The smallest absolute Gasteiger partial charge is 0.493 e. The van der Waals surface area contributed by atoms with Crippen molar-refractivity contribution in [2.45, 2.75) is 6.36 Å². The van der Waals surface area contributed by atoms with Crippen LogP contribution in [0.15, 0.2) is 18.2 Å². The minimum absolute atomic E-state index is 0.142. The first-order valence-corrected chi connectivity index (χ1v) is 3.86. The minimum atomic E-state index is -4.85. The number of methoxy groups -OCH3 is 1. The number of carbonyl (C=O) groups excluding carboxylic acids is 1. The predicted octanol–water partition coefficient (Wildman–Crippen LogP) is 2.41. The fraction of sp³-hybridized carbons (Fsp3) is 0.222. The SMILES string of the molecule is COc1cccc(C=O)c1OC(F)(F)F. The van der Waals surface area contributed by atoms with Crippen molar-refractivity contribution in [1.29, 1.82) is 0 Å². The van der Waals surface area contributed by atoms with Gasteiger partial charge in [-0.1, -0.05) is 6.07 Å². The zero-order valence-electron chi connectivity index (χ0n) is 7.67. The number of para-hydroxylation sites is 1. The van der Waals surface area contributed by atoms with Gasteiger partial charge in [-0.2, -0.15) is 0 Å². The third-order valence-electron chi connectivity index (χ3n) is 1.57. The van der Waals surface area contributed by atoms with Crippen LogP contribution in [0.4, 0.5) is 13.2 Å². The minimum Gasteiger partial charge on any atom is -0.493 e. The number of ether oxygens (including phenoxy) is 2. The van der Waals surface area contributed by atoms with E-state index < -0.39 is 12.1 Å². The van der Waals surface area contributed by atoms with Gasteiger partial charge in [-0.05, 0) is 12.1 Å². The zero-order valence-corrected chi connectivity index (χ0v) is 7.67. The van der Waals surface area contributed by atoms with Gasteiger partial charge in [-0.15, -0.1) is 13.2 Å². The second-order valence-electron chi connectivity index (χ2n) is 2.54. The normalized spacial score (nSPS) is 10.9. The molecule has 0 aliphatic carbocycles. The van der Waals surface area contributed by atoms with Crippen LogP contribution < -0.4 is 9.47 Å². The number of hydrogen-bond donors (Lipinski definition) is 0. The molecule has 0 aliphatic heterocycles. The summed E-state index contributed by atoms with van der Waals surface area (Å²) in [6.07, 6.45) is -4.59. The first-order chi connectivity index (χ1) is 6.98. The molecule has 3 nitrogen and oxygen atoms in total. The Bertz CT molecular complexity index is 360. The quantitative estimate of drug-likeness (QED) is 0.733. The lowest BCUT2D eigenvalue weighted by Gasteiger charge is -2.13. The van der Waals surface area contributed by atoms with E-state index in [0.717, 1.165) is 0 Å². The molecular weight excluding hydrogens is 213 g/mol. The lowest BCUT2D eigenvalue weighted by molar-refractivity contribution is -0.275. The van der Waals surface area contributed by atoms with Gasteiger partial charge in [0.1, 0.15) is 0 Å². The first kappa shape index (κ1) is 11.4. The molecule has 15 heavy (non-hydrogen) atoms. The predicted molar refractivity (Wildman–Crippen MR) is 45.1 cm³/mol. The monoisotopic (exact) mass is 220 g/mol. The van der Waals surface area contributed by atoms with E-state index >= 15 is 0 Å². The van der Waals surface area contributed by atoms with E-state index in [0.29, 0.717) is 0 Å². The third kappa shape index (κ3) is 2.87. The molecule has 0 unspecified atom stereocenters. The van der Waals surface area contributed by atoms with Gasteiger partial charge in [-0.3, -0.25) is 4.79 Å². The number of carbonyl (C=O) groups is 1. The summed E-state index contributed by atoms with van der Waals surface area (Å²) in [5.74, 6) is -0.764. The van der Waals surface area contributed by atoms with E-state index in [4.69, 9.17) is 0 Å². The van der Waals surface area contributed by atoms with Gasteiger partial charge in [-0.25, -0.2) is 0 Å². The molecule has 0 saturated heterocycles. The highest BCUT2D eigenvalue weighted by molar-refractivity contribution is 5.81. The van der Waals surface area contributed by atoms with Crippen molar-refractivity contribution in [2.75, 3.05) is 7.11 Å². The number of benzene rings is 1. The highest BCUT2D eigenvalue weighted by Crippen LogP contribution is 2.34. The molecule has 82 valence electrons. The molecule has 1 rings (SSSR count). The van der Waals surface area contributed by atoms with Gasteiger partial charge < -0.3 is 9.47 Å². The largest absolute Gasteiger partial charge is 0.573 e. The van der Waals surface area contributed by atoms with Gasteiger partial charge in [0, 0.05) is 0 Å². The number of hydrogen-bond acceptors (Lipinski definition) is 3. The van der Waals surface area contributed by atoms with Crippen molar-refractivity contribution in [3.8, 4) is 11.5 Å². The van der Waals surface area contributed by atoms with Crippen molar-refractivity contribution in [3.63, 3.8) is 0 Å². The summed E-state index contributed by atoms with van der Waals surface area (Å²) in [6, 6.07) is 3.87. The number of halogens is 3. The highest BCUT2D eigenvalue weighted by atomic mass is 19.4. The van der Waals surface area contributed by atoms with Gasteiger partial charge >= 0.3 is 6.36 Å². The molecule has 0 spiro atoms. The van der Waals surface area contributed by atoms with Crippen LogP contribution in [0.3, 0.4) is 0 Å². The molecule has 1 aromatic carbocycles. The molecule has 1 aromatic rings. The summed E-state index contributed by atoms with van der Waals surface area (Å²) >= 11 is 0. The topological polar surface area (TPSA) is 35.5 Å². The first-order valence-electron chi connectivity index (χ1n) is 3.86. The van der Waals surface area contributed by atoms with Crippen molar-refractivity contribution < 1.29 is 27.4 Å².